The number of halogens is 1. The van der Waals surface area contributed by atoms with Crippen LogP contribution in [0.1, 0.15) is 66.7 Å². The van der Waals surface area contributed by atoms with Gasteiger partial charge in [0.25, 0.3) is 0 Å². The van der Waals surface area contributed by atoms with E-state index in [1.807, 2.05) is 58.0 Å². The first kappa shape index (κ1) is 25.6. The molecule has 6 nitrogen and oxygen atoms in total. The van der Waals surface area contributed by atoms with E-state index in [1.165, 1.54) is 0 Å². The standard InChI is InChI=1S/C27H15ClO6.2C2H6/c28-20-11-16-13(10-21(20)29)5-7-18-25(16)33-23-12-22-14(6-8-24(30)32-22)9-19(23)27(18)17-4-2-1-3-15(17)26(31)34-27;2*1-2/h1-5,7,9-12,29H,6,8H2;2*1-2H3. The van der Waals surface area contributed by atoms with Crippen molar-refractivity contribution in [3.63, 3.8) is 0 Å². The molecule has 0 aliphatic carbocycles. The van der Waals surface area contributed by atoms with Crippen molar-refractivity contribution in [2.45, 2.75) is 46.1 Å². The number of carbonyl (C=O) groups is 2. The number of rotatable bonds is 0. The molecular weight excluding hydrogens is 504 g/mol. The highest BCUT2D eigenvalue weighted by Crippen LogP contribution is 2.58. The maximum Gasteiger partial charge on any atom is 0.340 e. The first-order chi connectivity index (χ1) is 18.5. The lowest BCUT2D eigenvalue weighted by atomic mass is 9.76. The zero-order valence-corrected chi connectivity index (χ0v) is 22.3. The van der Waals surface area contributed by atoms with E-state index in [9.17, 15) is 14.7 Å². The predicted molar refractivity (Wildman–Crippen MR) is 146 cm³/mol. The molecule has 0 amide bonds. The molecule has 0 fully saturated rings. The van der Waals surface area contributed by atoms with Gasteiger partial charge in [0.05, 0.1) is 17.0 Å². The van der Waals surface area contributed by atoms with Gasteiger partial charge in [-0.1, -0.05) is 63.6 Å². The number of aromatic hydroxyl groups is 1. The van der Waals surface area contributed by atoms with Crippen molar-refractivity contribution < 1.29 is 28.9 Å². The lowest BCUT2D eigenvalue weighted by molar-refractivity contribution is -0.135. The predicted octanol–water partition coefficient (Wildman–Crippen LogP) is 7.67. The molecular formula is C31H27ClO6. The Hall–Kier alpha value is -4.03. The average molecular weight is 531 g/mol. The molecule has 0 radical (unpaired) electrons. The van der Waals surface area contributed by atoms with Gasteiger partial charge in [-0.05, 0) is 47.7 Å². The molecule has 1 atom stereocenters. The van der Waals surface area contributed by atoms with Crippen LogP contribution in [0.5, 0.6) is 23.0 Å². The molecule has 3 aliphatic heterocycles. The van der Waals surface area contributed by atoms with E-state index in [-0.39, 0.29) is 23.2 Å². The molecule has 38 heavy (non-hydrogen) atoms. The summed E-state index contributed by atoms with van der Waals surface area (Å²) >= 11 is 6.25. The zero-order valence-electron chi connectivity index (χ0n) is 21.6. The Morgan fingerprint density at radius 2 is 1.58 bits per heavy atom. The van der Waals surface area contributed by atoms with E-state index in [0.29, 0.717) is 56.7 Å². The van der Waals surface area contributed by atoms with Crippen molar-refractivity contribution in [3.8, 4) is 23.0 Å². The van der Waals surface area contributed by atoms with Crippen molar-refractivity contribution in [1.29, 1.82) is 0 Å². The Labute approximate surface area is 225 Å². The van der Waals surface area contributed by atoms with Gasteiger partial charge in [0, 0.05) is 28.1 Å². The number of phenols is 1. The molecule has 0 saturated carbocycles. The third kappa shape index (κ3) is 3.63. The number of fused-ring (bicyclic) bond motifs is 9. The van der Waals surface area contributed by atoms with Gasteiger partial charge in [-0.3, -0.25) is 4.79 Å². The fourth-order valence-electron chi connectivity index (χ4n) is 5.23. The first-order valence-electron chi connectivity index (χ1n) is 12.8. The molecule has 3 aliphatic rings. The van der Waals surface area contributed by atoms with Gasteiger partial charge in [-0.2, -0.15) is 0 Å². The maximum atomic E-state index is 13.1. The highest BCUT2D eigenvalue weighted by molar-refractivity contribution is 6.33. The summed E-state index contributed by atoms with van der Waals surface area (Å²) in [5.74, 6) is 0.535. The van der Waals surface area contributed by atoms with Crippen LogP contribution in [0.2, 0.25) is 5.02 Å². The van der Waals surface area contributed by atoms with Crippen LogP contribution in [0, 0.1) is 0 Å². The minimum atomic E-state index is -1.24. The van der Waals surface area contributed by atoms with E-state index in [0.717, 1.165) is 5.56 Å². The lowest BCUT2D eigenvalue weighted by Crippen LogP contribution is -2.33. The number of hydrogen-bond acceptors (Lipinski definition) is 6. The number of phenolic OH excluding ortho intramolecular Hbond substituents is 1. The minimum absolute atomic E-state index is 0.0429. The van der Waals surface area contributed by atoms with E-state index in [1.54, 1.807) is 30.3 Å². The lowest BCUT2D eigenvalue weighted by Gasteiger charge is -2.37. The van der Waals surface area contributed by atoms with Crippen LogP contribution in [0.3, 0.4) is 0 Å². The summed E-state index contributed by atoms with van der Waals surface area (Å²) in [7, 11) is 0. The fourth-order valence-corrected chi connectivity index (χ4v) is 5.40. The molecule has 4 aromatic carbocycles. The van der Waals surface area contributed by atoms with Gasteiger partial charge in [-0.15, -0.1) is 0 Å². The zero-order chi connectivity index (χ0) is 27.2. The largest absolute Gasteiger partial charge is 0.506 e. The van der Waals surface area contributed by atoms with Gasteiger partial charge in [-0.25, -0.2) is 4.79 Å². The molecule has 0 aromatic heterocycles. The Kier molecular flexibility index (Phi) is 6.53. The number of hydrogen-bond donors (Lipinski definition) is 1. The van der Waals surface area contributed by atoms with Gasteiger partial charge >= 0.3 is 11.9 Å². The summed E-state index contributed by atoms with van der Waals surface area (Å²) in [4.78, 5) is 25.0. The van der Waals surface area contributed by atoms with Crippen LogP contribution in [0.25, 0.3) is 10.8 Å². The van der Waals surface area contributed by atoms with Gasteiger partial charge in [0.15, 0.2) is 5.60 Å². The van der Waals surface area contributed by atoms with Crippen LogP contribution < -0.4 is 9.47 Å². The van der Waals surface area contributed by atoms with Crippen molar-refractivity contribution >= 4 is 34.3 Å². The summed E-state index contributed by atoms with van der Waals surface area (Å²) in [6.07, 6.45) is 0.797. The quantitative estimate of drug-likeness (QED) is 0.185. The summed E-state index contributed by atoms with van der Waals surface area (Å²) in [6.45, 7) is 8.00. The fraction of sp³-hybridized carbons (Fsp3) is 0.226. The highest BCUT2D eigenvalue weighted by atomic mass is 35.5. The Bertz CT molecular complexity index is 1610. The summed E-state index contributed by atoms with van der Waals surface area (Å²) in [6, 6.07) is 17.8. The van der Waals surface area contributed by atoms with E-state index in [4.69, 9.17) is 25.8 Å². The van der Waals surface area contributed by atoms with Crippen LogP contribution in [-0.4, -0.2) is 17.0 Å². The molecule has 7 rings (SSSR count). The van der Waals surface area contributed by atoms with E-state index in [2.05, 4.69) is 0 Å². The van der Waals surface area contributed by atoms with Crippen LogP contribution in [0.15, 0.2) is 60.7 Å². The van der Waals surface area contributed by atoms with Crippen LogP contribution in [0.4, 0.5) is 0 Å². The topological polar surface area (TPSA) is 82.1 Å². The maximum absolute atomic E-state index is 13.1. The molecule has 1 N–H and O–H groups in total. The summed E-state index contributed by atoms with van der Waals surface area (Å²) < 4.78 is 18.1. The van der Waals surface area contributed by atoms with E-state index >= 15 is 0 Å². The Morgan fingerprint density at radius 1 is 0.816 bits per heavy atom. The van der Waals surface area contributed by atoms with E-state index < -0.39 is 11.6 Å². The molecule has 7 heteroatoms. The smallest absolute Gasteiger partial charge is 0.340 e. The van der Waals surface area contributed by atoms with Crippen molar-refractivity contribution in [2.24, 2.45) is 0 Å². The number of esters is 2. The van der Waals surface area contributed by atoms with Gasteiger partial charge in [0.1, 0.15) is 23.0 Å². The second-order valence-corrected chi connectivity index (χ2v) is 9.02. The third-order valence-electron chi connectivity index (χ3n) is 6.77. The molecule has 3 heterocycles. The molecule has 0 bridgehead atoms. The molecule has 194 valence electrons. The number of aryl methyl sites for hydroxylation is 1. The molecule has 1 unspecified atom stereocenters. The SMILES string of the molecule is CC.CC.O=C1CCc2cc3c(cc2O1)Oc1c(ccc2cc(O)c(Cl)cc12)C31OC(=O)c2ccccc21. The average Bonchev–Trinajstić information content (AvgIpc) is 3.24. The second-order valence-electron chi connectivity index (χ2n) is 8.62. The molecule has 0 saturated heterocycles. The van der Waals surface area contributed by atoms with Crippen molar-refractivity contribution in [2.75, 3.05) is 0 Å². The Balaban J connectivity index is 0.000000704. The Morgan fingerprint density at radius 3 is 2.37 bits per heavy atom. The first-order valence-corrected chi connectivity index (χ1v) is 13.2. The minimum Gasteiger partial charge on any atom is -0.506 e. The number of carbonyl (C=O) groups excluding carboxylic acids is 2. The monoisotopic (exact) mass is 530 g/mol. The number of benzene rings is 4. The third-order valence-corrected chi connectivity index (χ3v) is 7.07. The summed E-state index contributed by atoms with van der Waals surface area (Å²) in [5.41, 5.74) is 2.11. The second kappa shape index (κ2) is 9.69. The molecule has 1 spiro atoms. The number of ether oxygens (including phenoxy) is 3. The van der Waals surface area contributed by atoms with Crippen LogP contribution >= 0.6 is 11.6 Å². The van der Waals surface area contributed by atoms with Gasteiger partial charge in [0.2, 0.25) is 0 Å². The van der Waals surface area contributed by atoms with Crippen molar-refractivity contribution in [1.82, 2.24) is 0 Å². The van der Waals surface area contributed by atoms with Gasteiger partial charge < -0.3 is 19.3 Å². The normalized spacial score (nSPS) is 17.8. The summed E-state index contributed by atoms with van der Waals surface area (Å²) in [5, 5.41) is 11.7. The highest BCUT2D eigenvalue weighted by Gasteiger charge is 2.54. The van der Waals surface area contributed by atoms with Crippen LogP contribution in [-0.2, 0) is 21.6 Å². The van der Waals surface area contributed by atoms with Crippen molar-refractivity contribution in [3.05, 3.63) is 93.5 Å². The molecule has 4 aromatic rings.